The molecule has 1 aliphatic rings. The molecule has 1 aliphatic carbocycles. The molecule has 1 unspecified atom stereocenters. The monoisotopic (exact) mass is 564 g/mol. The Labute approximate surface area is 239 Å². The summed E-state index contributed by atoms with van der Waals surface area (Å²) in [5.41, 5.74) is 1.94. The summed E-state index contributed by atoms with van der Waals surface area (Å²) in [6, 6.07) is 15.6. The number of amides is 3. The van der Waals surface area contributed by atoms with Gasteiger partial charge in [-0.1, -0.05) is 66.8 Å². The molecule has 0 bridgehead atoms. The van der Waals surface area contributed by atoms with E-state index in [-0.39, 0.29) is 48.0 Å². The number of carbonyl (C=O) groups excluding carboxylic acids is 3. The zero-order chi connectivity index (χ0) is 28.5. The summed E-state index contributed by atoms with van der Waals surface area (Å²) in [7, 11) is 0. The van der Waals surface area contributed by atoms with E-state index >= 15 is 0 Å². The third-order valence-corrected chi connectivity index (χ3v) is 7.32. The third kappa shape index (κ3) is 7.88. The first-order valence-electron chi connectivity index (χ1n) is 13.7. The van der Waals surface area contributed by atoms with E-state index in [1.807, 2.05) is 31.2 Å². The Hall–Kier alpha value is -3.78. The lowest BCUT2D eigenvalue weighted by Crippen LogP contribution is -2.47. The Balaban J connectivity index is 1.59. The summed E-state index contributed by atoms with van der Waals surface area (Å²) in [5, 5.41) is 5.71. The fourth-order valence-electron chi connectivity index (χ4n) is 4.93. The van der Waals surface area contributed by atoms with Crippen molar-refractivity contribution in [1.29, 1.82) is 0 Å². The SMILES string of the molecule is Cc1ccc(C(C(=O)NC2CCCCC2)N(C(=O)CCCC(=O)Nc2ccccn2)c2ccc(F)c(Cl)c2)cc1. The molecule has 3 aromatic rings. The summed E-state index contributed by atoms with van der Waals surface area (Å²) in [6.45, 7) is 1.94. The van der Waals surface area contributed by atoms with Gasteiger partial charge in [0.25, 0.3) is 0 Å². The van der Waals surface area contributed by atoms with Gasteiger partial charge in [-0.15, -0.1) is 0 Å². The van der Waals surface area contributed by atoms with Crippen LogP contribution in [0.4, 0.5) is 15.9 Å². The number of halogens is 2. The smallest absolute Gasteiger partial charge is 0.248 e. The molecule has 2 aromatic carbocycles. The van der Waals surface area contributed by atoms with E-state index in [0.717, 1.165) is 37.7 Å². The van der Waals surface area contributed by atoms with Crippen LogP contribution in [0.3, 0.4) is 0 Å². The van der Waals surface area contributed by atoms with Crippen molar-refractivity contribution in [1.82, 2.24) is 10.3 Å². The van der Waals surface area contributed by atoms with Crippen molar-refractivity contribution in [2.75, 3.05) is 10.2 Å². The zero-order valence-electron chi connectivity index (χ0n) is 22.5. The standard InChI is InChI=1S/C31H34ClFN4O3/c1-21-13-15-22(16-14-21)30(31(40)35-23-8-3-2-4-9-23)37(24-17-18-26(33)25(32)20-24)29(39)12-7-11-28(38)36-27-10-5-6-19-34-27/h5-6,10,13-20,23,30H,2-4,7-9,11-12H2,1H3,(H,35,40)(H,34,36,38). The highest BCUT2D eigenvalue weighted by Gasteiger charge is 2.34. The second kappa shape index (κ2) is 14.0. The molecule has 0 aliphatic heterocycles. The molecule has 0 spiro atoms. The molecule has 4 rings (SSSR count). The van der Waals surface area contributed by atoms with Gasteiger partial charge in [0.05, 0.1) is 5.02 Å². The number of nitrogens with zero attached hydrogens (tertiary/aromatic N) is 2. The van der Waals surface area contributed by atoms with Crippen LogP contribution in [0, 0.1) is 12.7 Å². The zero-order valence-corrected chi connectivity index (χ0v) is 23.3. The minimum absolute atomic E-state index is 0.0102. The number of rotatable bonds is 10. The molecular formula is C31H34ClFN4O3. The summed E-state index contributed by atoms with van der Waals surface area (Å²) in [5.74, 6) is -1.15. The summed E-state index contributed by atoms with van der Waals surface area (Å²) in [4.78, 5) is 45.6. The molecule has 2 N–H and O–H groups in total. The Kier molecular flexibility index (Phi) is 10.2. The van der Waals surface area contributed by atoms with Gasteiger partial charge in [-0.2, -0.15) is 0 Å². The molecule has 7 nitrogen and oxygen atoms in total. The van der Waals surface area contributed by atoms with Crippen LogP contribution < -0.4 is 15.5 Å². The molecule has 1 heterocycles. The Morgan fingerprint density at radius 1 is 1.02 bits per heavy atom. The number of benzene rings is 2. The van der Waals surface area contributed by atoms with Gasteiger partial charge in [-0.3, -0.25) is 19.3 Å². The number of aromatic nitrogens is 1. The van der Waals surface area contributed by atoms with Crippen LogP contribution in [0.1, 0.15) is 68.5 Å². The summed E-state index contributed by atoms with van der Waals surface area (Å²) < 4.78 is 14.1. The Morgan fingerprint density at radius 2 is 1.77 bits per heavy atom. The largest absolute Gasteiger partial charge is 0.351 e. The van der Waals surface area contributed by atoms with Crippen molar-refractivity contribution in [2.45, 2.75) is 70.4 Å². The second-order valence-corrected chi connectivity index (χ2v) is 10.5. The number of carbonyl (C=O) groups is 3. The maximum absolute atomic E-state index is 14.1. The lowest BCUT2D eigenvalue weighted by molar-refractivity contribution is -0.127. The number of anilines is 2. The normalized spacial score (nSPS) is 14.3. The Morgan fingerprint density at radius 3 is 2.45 bits per heavy atom. The highest BCUT2D eigenvalue weighted by atomic mass is 35.5. The molecule has 0 radical (unpaired) electrons. The van der Waals surface area contributed by atoms with E-state index in [0.29, 0.717) is 17.1 Å². The first kappa shape index (κ1) is 29.2. The van der Waals surface area contributed by atoms with Gasteiger partial charge in [0.2, 0.25) is 17.7 Å². The van der Waals surface area contributed by atoms with Gasteiger partial charge >= 0.3 is 0 Å². The summed E-state index contributed by atoms with van der Waals surface area (Å²) in [6.07, 6.45) is 6.88. The predicted molar refractivity (Wildman–Crippen MR) is 155 cm³/mol. The molecule has 0 saturated heterocycles. The second-order valence-electron chi connectivity index (χ2n) is 10.1. The molecule has 1 fully saturated rings. The van der Waals surface area contributed by atoms with Crippen LogP contribution in [0.2, 0.25) is 5.02 Å². The quantitative estimate of drug-likeness (QED) is 0.293. The van der Waals surface area contributed by atoms with Crippen molar-refractivity contribution < 1.29 is 18.8 Å². The van der Waals surface area contributed by atoms with E-state index < -0.39 is 11.9 Å². The fourth-order valence-corrected chi connectivity index (χ4v) is 5.10. The Bertz CT molecular complexity index is 1310. The van der Waals surface area contributed by atoms with Crippen LogP contribution in [-0.4, -0.2) is 28.7 Å². The first-order valence-corrected chi connectivity index (χ1v) is 14.0. The predicted octanol–water partition coefficient (Wildman–Crippen LogP) is 6.51. The van der Waals surface area contributed by atoms with Gasteiger partial charge in [-0.25, -0.2) is 9.37 Å². The van der Waals surface area contributed by atoms with E-state index in [2.05, 4.69) is 15.6 Å². The van der Waals surface area contributed by atoms with Gasteiger partial charge in [-0.05, 0) is 62.1 Å². The van der Waals surface area contributed by atoms with E-state index in [1.54, 1.807) is 24.4 Å². The average Bonchev–Trinajstić information content (AvgIpc) is 2.95. The van der Waals surface area contributed by atoms with Crippen LogP contribution in [0.15, 0.2) is 66.9 Å². The van der Waals surface area contributed by atoms with Gasteiger partial charge in [0, 0.05) is 30.8 Å². The van der Waals surface area contributed by atoms with Crippen molar-refractivity contribution in [2.24, 2.45) is 0 Å². The van der Waals surface area contributed by atoms with Gasteiger partial charge in [0.1, 0.15) is 17.7 Å². The molecule has 40 heavy (non-hydrogen) atoms. The molecule has 9 heteroatoms. The van der Waals surface area contributed by atoms with Crippen LogP contribution in [-0.2, 0) is 14.4 Å². The minimum Gasteiger partial charge on any atom is -0.351 e. The molecule has 210 valence electrons. The lowest BCUT2D eigenvalue weighted by atomic mass is 9.94. The first-order chi connectivity index (χ1) is 19.3. The fraction of sp³-hybridized carbons (Fsp3) is 0.355. The topological polar surface area (TPSA) is 91.4 Å². The molecular weight excluding hydrogens is 531 g/mol. The van der Waals surface area contributed by atoms with Crippen LogP contribution >= 0.6 is 11.6 Å². The molecule has 1 saturated carbocycles. The van der Waals surface area contributed by atoms with Crippen LogP contribution in [0.25, 0.3) is 0 Å². The number of hydrogen-bond donors (Lipinski definition) is 2. The number of hydrogen-bond acceptors (Lipinski definition) is 4. The maximum Gasteiger partial charge on any atom is 0.248 e. The van der Waals surface area contributed by atoms with Crippen LogP contribution in [0.5, 0.6) is 0 Å². The van der Waals surface area contributed by atoms with Crippen molar-refractivity contribution in [3.63, 3.8) is 0 Å². The molecule has 3 amide bonds. The summed E-state index contributed by atoms with van der Waals surface area (Å²) >= 11 is 6.12. The van der Waals surface area contributed by atoms with E-state index in [4.69, 9.17) is 11.6 Å². The maximum atomic E-state index is 14.1. The van der Waals surface area contributed by atoms with Gasteiger partial charge < -0.3 is 10.6 Å². The number of nitrogens with one attached hydrogen (secondary N) is 2. The lowest BCUT2D eigenvalue weighted by Gasteiger charge is -2.33. The van der Waals surface area contributed by atoms with Gasteiger partial charge in [0.15, 0.2) is 0 Å². The van der Waals surface area contributed by atoms with E-state index in [1.165, 1.54) is 23.1 Å². The van der Waals surface area contributed by atoms with E-state index in [9.17, 15) is 18.8 Å². The third-order valence-electron chi connectivity index (χ3n) is 7.03. The average molecular weight is 565 g/mol. The highest BCUT2D eigenvalue weighted by molar-refractivity contribution is 6.31. The highest BCUT2D eigenvalue weighted by Crippen LogP contribution is 2.32. The van der Waals surface area contributed by atoms with Crippen molar-refractivity contribution in [3.8, 4) is 0 Å². The van der Waals surface area contributed by atoms with Crippen molar-refractivity contribution in [3.05, 3.63) is 88.8 Å². The molecule has 1 atom stereocenters. The number of aryl methyl sites for hydroxylation is 1. The minimum atomic E-state index is -1.00. The molecule has 1 aromatic heterocycles. The van der Waals surface area contributed by atoms with Crippen molar-refractivity contribution >= 4 is 40.8 Å². The number of pyridine rings is 1.